The van der Waals surface area contributed by atoms with Gasteiger partial charge in [0, 0.05) is 17.3 Å². The highest BCUT2D eigenvalue weighted by Crippen LogP contribution is 2.33. The Balaban J connectivity index is 2.29. The van der Waals surface area contributed by atoms with E-state index in [2.05, 4.69) is 10.3 Å². The van der Waals surface area contributed by atoms with Crippen LogP contribution in [-0.4, -0.2) is 23.0 Å². The third kappa shape index (κ3) is 4.39. The molecule has 0 aliphatic rings. The van der Waals surface area contributed by atoms with Crippen molar-refractivity contribution in [1.82, 2.24) is 4.98 Å². The number of aromatic nitrogens is 1. The maximum atomic E-state index is 12.3. The van der Waals surface area contributed by atoms with Gasteiger partial charge in [0.15, 0.2) is 0 Å². The number of carbonyl (C=O) groups excluding carboxylic acids is 2. The topological polar surface area (TPSA) is 68.3 Å². The molecule has 2 aromatic rings. The molecule has 0 bridgehead atoms. The van der Waals surface area contributed by atoms with Crippen molar-refractivity contribution < 1.29 is 14.3 Å². The van der Waals surface area contributed by atoms with Crippen LogP contribution in [0.25, 0.3) is 0 Å². The van der Waals surface area contributed by atoms with Gasteiger partial charge in [-0.25, -0.2) is 4.79 Å². The lowest BCUT2D eigenvalue weighted by Crippen LogP contribution is -2.16. The normalized spacial score (nSPS) is 10.9. The Kier molecular flexibility index (Phi) is 5.50. The van der Waals surface area contributed by atoms with E-state index in [-0.39, 0.29) is 17.9 Å². The molecule has 0 aliphatic heterocycles. The zero-order valence-corrected chi connectivity index (χ0v) is 14.4. The van der Waals surface area contributed by atoms with Crippen molar-refractivity contribution in [2.45, 2.75) is 39.7 Å². The summed E-state index contributed by atoms with van der Waals surface area (Å²) in [5, 5.41) is 3.30. The number of carbonyl (C=O) groups is 2. The van der Waals surface area contributed by atoms with Crippen molar-refractivity contribution in [2.75, 3.05) is 5.32 Å². The number of nitrogens with zero attached hydrogens (tertiary/aromatic N) is 1. The minimum atomic E-state index is -0.426. The summed E-state index contributed by atoms with van der Waals surface area (Å²) in [5.74, 6) is -0.465. The van der Waals surface area contributed by atoms with E-state index in [1.807, 2.05) is 13.8 Å². The fourth-order valence-corrected chi connectivity index (χ4v) is 2.93. The predicted octanol–water partition coefficient (Wildman–Crippen LogP) is 4.08. The Morgan fingerprint density at radius 3 is 2.57 bits per heavy atom. The molecule has 23 heavy (non-hydrogen) atoms. The number of pyridine rings is 1. The first-order chi connectivity index (χ1) is 10.9. The van der Waals surface area contributed by atoms with Gasteiger partial charge in [0.05, 0.1) is 17.2 Å². The number of anilines is 1. The molecular formula is C17H20N2O3S. The average Bonchev–Trinajstić information content (AvgIpc) is 2.91. The van der Waals surface area contributed by atoms with Crippen molar-refractivity contribution >= 4 is 28.2 Å². The van der Waals surface area contributed by atoms with E-state index >= 15 is 0 Å². The van der Waals surface area contributed by atoms with E-state index in [0.717, 1.165) is 4.88 Å². The summed E-state index contributed by atoms with van der Waals surface area (Å²) in [6, 6.07) is 5.15. The second kappa shape index (κ2) is 7.37. The van der Waals surface area contributed by atoms with Gasteiger partial charge in [-0.3, -0.25) is 9.78 Å². The fourth-order valence-electron chi connectivity index (χ4n) is 1.89. The van der Waals surface area contributed by atoms with Crippen LogP contribution in [0.4, 0.5) is 5.00 Å². The third-order valence-electron chi connectivity index (χ3n) is 3.03. The van der Waals surface area contributed by atoms with E-state index in [1.54, 1.807) is 38.2 Å². The third-order valence-corrected chi connectivity index (χ3v) is 4.38. The van der Waals surface area contributed by atoms with Crippen LogP contribution in [0.3, 0.4) is 0 Å². The number of hydrogen-bond donors (Lipinski definition) is 1. The van der Waals surface area contributed by atoms with Gasteiger partial charge in [0.1, 0.15) is 5.00 Å². The number of thiophene rings is 1. The van der Waals surface area contributed by atoms with Crippen molar-refractivity contribution in [3.63, 3.8) is 0 Å². The monoisotopic (exact) mass is 332 g/mol. The van der Waals surface area contributed by atoms with Crippen LogP contribution < -0.4 is 5.32 Å². The molecule has 5 nitrogen and oxygen atoms in total. The maximum absolute atomic E-state index is 12.3. The molecule has 2 aromatic heterocycles. The van der Waals surface area contributed by atoms with Gasteiger partial charge < -0.3 is 10.1 Å². The van der Waals surface area contributed by atoms with Gasteiger partial charge in [-0.15, -0.1) is 11.3 Å². The molecule has 0 fully saturated rings. The SMILES string of the molecule is CC(C)OC(=O)c1cc(C(C)C)sc1NC(=O)c1cccnc1. The molecule has 0 saturated carbocycles. The molecule has 122 valence electrons. The first-order valence-corrected chi connectivity index (χ1v) is 8.26. The van der Waals surface area contributed by atoms with Gasteiger partial charge >= 0.3 is 5.97 Å². The Hall–Kier alpha value is -2.21. The lowest BCUT2D eigenvalue weighted by atomic mass is 10.1. The van der Waals surface area contributed by atoms with Crippen LogP contribution in [-0.2, 0) is 4.74 Å². The smallest absolute Gasteiger partial charge is 0.341 e. The summed E-state index contributed by atoms with van der Waals surface area (Å²) >= 11 is 1.39. The summed E-state index contributed by atoms with van der Waals surface area (Å²) in [5.41, 5.74) is 0.833. The molecule has 1 N–H and O–H groups in total. The van der Waals surface area contributed by atoms with E-state index in [1.165, 1.54) is 17.5 Å². The summed E-state index contributed by atoms with van der Waals surface area (Å²) in [6.45, 7) is 7.66. The number of ether oxygens (including phenoxy) is 1. The van der Waals surface area contributed by atoms with Gasteiger partial charge in [-0.2, -0.15) is 0 Å². The molecule has 0 spiro atoms. The van der Waals surface area contributed by atoms with Crippen LogP contribution in [0.5, 0.6) is 0 Å². The van der Waals surface area contributed by atoms with E-state index in [9.17, 15) is 9.59 Å². The van der Waals surface area contributed by atoms with E-state index in [4.69, 9.17) is 4.74 Å². The fraction of sp³-hybridized carbons (Fsp3) is 0.353. The summed E-state index contributed by atoms with van der Waals surface area (Å²) < 4.78 is 5.26. The van der Waals surface area contributed by atoms with Crippen molar-refractivity contribution in [1.29, 1.82) is 0 Å². The summed E-state index contributed by atoms with van der Waals surface area (Å²) in [7, 11) is 0. The number of nitrogens with one attached hydrogen (secondary N) is 1. The number of hydrogen-bond acceptors (Lipinski definition) is 5. The Morgan fingerprint density at radius 1 is 1.26 bits per heavy atom. The number of amides is 1. The highest BCUT2D eigenvalue weighted by atomic mass is 32.1. The van der Waals surface area contributed by atoms with Crippen molar-refractivity contribution in [2.24, 2.45) is 0 Å². The molecule has 0 aromatic carbocycles. The van der Waals surface area contributed by atoms with Gasteiger partial charge in [0.2, 0.25) is 0 Å². The van der Waals surface area contributed by atoms with Crippen LogP contribution >= 0.6 is 11.3 Å². The largest absolute Gasteiger partial charge is 0.459 e. The van der Waals surface area contributed by atoms with Crippen LogP contribution in [0.2, 0.25) is 0 Å². The standard InChI is InChI=1S/C17H20N2O3S/c1-10(2)14-8-13(17(21)22-11(3)4)16(23-14)19-15(20)12-6-5-7-18-9-12/h5-11H,1-4H3,(H,19,20). The zero-order valence-electron chi connectivity index (χ0n) is 13.6. The molecule has 2 heterocycles. The molecule has 1 amide bonds. The minimum absolute atomic E-state index is 0.216. The molecule has 0 aliphatic carbocycles. The summed E-state index contributed by atoms with van der Waals surface area (Å²) in [4.78, 5) is 29.5. The van der Waals surface area contributed by atoms with E-state index in [0.29, 0.717) is 16.1 Å². The Bertz CT molecular complexity index is 693. The van der Waals surface area contributed by atoms with Gasteiger partial charge in [0.25, 0.3) is 5.91 Å². The second-order valence-corrected chi connectivity index (χ2v) is 6.78. The average molecular weight is 332 g/mol. The van der Waals surface area contributed by atoms with Gasteiger partial charge in [-0.1, -0.05) is 13.8 Å². The van der Waals surface area contributed by atoms with E-state index < -0.39 is 5.97 Å². The Labute approximate surface area is 139 Å². The highest BCUT2D eigenvalue weighted by Gasteiger charge is 2.21. The predicted molar refractivity (Wildman–Crippen MR) is 91.1 cm³/mol. The van der Waals surface area contributed by atoms with Crippen LogP contribution in [0, 0.1) is 0 Å². The second-order valence-electron chi connectivity index (χ2n) is 5.70. The van der Waals surface area contributed by atoms with Crippen molar-refractivity contribution in [3.05, 3.63) is 46.6 Å². The van der Waals surface area contributed by atoms with Crippen LogP contribution in [0.1, 0.15) is 59.2 Å². The summed E-state index contributed by atoms with van der Waals surface area (Å²) in [6.07, 6.45) is 2.87. The highest BCUT2D eigenvalue weighted by molar-refractivity contribution is 7.16. The lowest BCUT2D eigenvalue weighted by molar-refractivity contribution is 0.0379. The molecule has 0 atom stereocenters. The minimum Gasteiger partial charge on any atom is -0.459 e. The molecule has 0 radical (unpaired) electrons. The zero-order chi connectivity index (χ0) is 17.0. The first kappa shape index (κ1) is 17.1. The van der Waals surface area contributed by atoms with Crippen molar-refractivity contribution in [3.8, 4) is 0 Å². The van der Waals surface area contributed by atoms with Gasteiger partial charge in [-0.05, 0) is 38.0 Å². The molecule has 6 heteroatoms. The Morgan fingerprint density at radius 2 is 2.00 bits per heavy atom. The quantitative estimate of drug-likeness (QED) is 0.838. The molecule has 0 saturated heterocycles. The molecular weight excluding hydrogens is 312 g/mol. The lowest BCUT2D eigenvalue weighted by Gasteiger charge is -2.09. The maximum Gasteiger partial charge on any atom is 0.341 e. The number of rotatable bonds is 5. The first-order valence-electron chi connectivity index (χ1n) is 7.44. The molecule has 0 unspecified atom stereocenters. The van der Waals surface area contributed by atoms with Crippen LogP contribution in [0.15, 0.2) is 30.6 Å². The number of esters is 1. The molecule has 2 rings (SSSR count).